The minimum atomic E-state index is -0.872. The third-order valence-corrected chi connectivity index (χ3v) is 5.00. The molecule has 0 unspecified atom stereocenters. The molecule has 1 saturated carbocycles. The summed E-state index contributed by atoms with van der Waals surface area (Å²) < 4.78 is 0.681. The first kappa shape index (κ1) is 16.0. The van der Waals surface area contributed by atoms with Crippen molar-refractivity contribution < 1.29 is 14.7 Å². The first-order chi connectivity index (χ1) is 10.0. The number of carbonyl (C=O) groups is 2. The molecule has 1 heterocycles. The molecule has 0 bridgehead atoms. The second kappa shape index (κ2) is 7.09. The summed E-state index contributed by atoms with van der Waals surface area (Å²) in [5.41, 5.74) is 0. The molecule has 0 radical (unpaired) electrons. The molecule has 6 heteroatoms. The van der Waals surface area contributed by atoms with Gasteiger partial charge in [-0.1, -0.05) is 24.1 Å². The molecular formula is C15H18ClNO3S. The number of aliphatic carboxylic acids is 1. The predicted molar refractivity (Wildman–Crippen MR) is 83.4 cm³/mol. The lowest BCUT2D eigenvalue weighted by Gasteiger charge is -2.25. The van der Waals surface area contributed by atoms with Crippen LogP contribution in [0.15, 0.2) is 24.8 Å². The molecule has 1 aromatic rings. The summed E-state index contributed by atoms with van der Waals surface area (Å²) in [6.07, 6.45) is 3.69. The Morgan fingerprint density at radius 1 is 1.43 bits per heavy atom. The Kier molecular flexibility index (Phi) is 5.42. The first-order valence-corrected chi connectivity index (χ1v) is 8.09. The topological polar surface area (TPSA) is 57.6 Å². The maximum absolute atomic E-state index is 12.6. The highest BCUT2D eigenvalue weighted by Crippen LogP contribution is 2.34. The van der Waals surface area contributed by atoms with Crippen LogP contribution in [0.2, 0.25) is 4.34 Å². The molecular weight excluding hydrogens is 310 g/mol. The van der Waals surface area contributed by atoms with Crippen LogP contribution in [0.3, 0.4) is 0 Å². The summed E-state index contributed by atoms with van der Waals surface area (Å²) in [5, 5.41) is 9.23. The number of halogens is 1. The van der Waals surface area contributed by atoms with Crippen molar-refractivity contribution in [1.82, 2.24) is 4.90 Å². The van der Waals surface area contributed by atoms with Gasteiger partial charge in [-0.05, 0) is 25.0 Å². The zero-order valence-corrected chi connectivity index (χ0v) is 13.2. The van der Waals surface area contributed by atoms with Gasteiger partial charge in [-0.25, -0.2) is 0 Å². The Balaban J connectivity index is 2.11. The summed E-state index contributed by atoms with van der Waals surface area (Å²) in [6, 6.07) is 3.69. The molecule has 1 fully saturated rings. The van der Waals surface area contributed by atoms with E-state index >= 15 is 0 Å². The molecule has 1 aliphatic carbocycles. The van der Waals surface area contributed by atoms with E-state index in [1.54, 1.807) is 17.0 Å². The van der Waals surface area contributed by atoms with Crippen molar-refractivity contribution in [1.29, 1.82) is 0 Å². The van der Waals surface area contributed by atoms with E-state index in [1.165, 1.54) is 11.3 Å². The second-order valence-corrected chi connectivity index (χ2v) is 7.00. The van der Waals surface area contributed by atoms with E-state index in [9.17, 15) is 14.7 Å². The van der Waals surface area contributed by atoms with Crippen LogP contribution in [0.1, 0.15) is 24.1 Å². The minimum Gasteiger partial charge on any atom is -0.481 e. The highest BCUT2D eigenvalue weighted by atomic mass is 35.5. The second-order valence-electron chi connectivity index (χ2n) is 5.20. The zero-order chi connectivity index (χ0) is 15.4. The van der Waals surface area contributed by atoms with Gasteiger partial charge in [0.15, 0.2) is 0 Å². The van der Waals surface area contributed by atoms with Crippen LogP contribution >= 0.6 is 22.9 Å². The molecule has 114 valence electrons. The fourth-order valence-corrected chi connectivity index (χ4v) is 3.90. The van der Waals surface area contributed by atoms with Crippen LogP contribution in [0.5, 0.6) is 0 Å². The van der Waals surface area contributed by atoms with E-state index < -0.39 is 17.8 Å². The van der Waals surface area contributed by atoms with Gasteiger partial charge in [0.2, 0.25) is 5.91 Å². The Morgan fingerprint density at radius 3 is 2.71 bits per heavy atom. The summed E-state index contributed by atoms with van der Waals surface area (Å²) in [5.74, 6) is -1.94. The van der Waals surface area contributed by atoms with Crippen LogP contribution in [0.25, 0.3) is 0 Å². The molecule has 4 nitrogen and oxygen atoms in total. The van der Waals surface area contributed by atoms with Crippen molar-refractivity contribution in [2.45, 2.75) is 25.8 Å². The third-order valence-electron chi connectivity index (χ3n) is 3.79. The van der Waals surface area contributed by atoms with E-state index in [0.29, 0.717) is 30.3 Å². The number of carboxylic acid groups (broad SMARTS) is 1. The van der Waals surface area contributed by atoms with Gasteiger partial charge in [0.25, 0.3) is 0 Å². The lowest BCUT2D eigenvalue weighted by molar-refractivity contribution is -0.149. The SMILES string of the molecule is C=CCN(Cc1ccc(Cl)s1)C(=O)[C@@H]1CCC[C@@H]1C(=O)O. The molecule has 21 heavy (non-hydrogen) atoms. The van der Waals surface area contributed by atoms with E-state index in [-0.39, 0.29) is 5.91 Å². The molecule has 0 aliphatic heterocycles. The number of nitrogens with zero attached hydrogens (tertiary/aromatic N) is 1. The average molecular weight is 328 g/mol. The smallest absolute Gasteiger partial charge is 0.307 e. The Labute approximate surface area is 133 Å². The van der Waals surface area contributed by atoms with Gasteiger partial charge in [0.05, 0.1) is 22.7 Å². The van der Waals surface area contributed by atoms with E-state index in [0.717, 1.165) is 11.3 Å². The van der Waals surface area contributed by atoms with Crippen molar-refractivity contribution in [3.63, 3.8) is 0 Å². The molecule has 0 aromatic carbocycles. The Morgan fingerprint density at radius 2 is 2.14 bits per heavy atom. The maximum atomic E-state index is 12.6. The first-order valence-electron chi connectivity index (χ1n) is 6.89. The molecule has 1 aliphatic rings. The number of amides is 1. The lowest BCUT2D eigenvalue weighted by Crippen LogP contribution is -2.38. The highest BCUT2D eigenvalue weighted by Gasteiger charge is 2.39. The summed E-state index contributed by atoms with van der Waals surface area (Å²) in [7, 11) is 0. The van der Waals surface area contributed by atoms with Crippen LogP contribution in [0, 0.1) is 11.8 Å². The monoisotopic (exact) mass is 327 g/mol. The fourth-order valence-electron chi connectivity index (χ4n) is 2.80. The molecule has 2 rings (SSSR count). The summed E-state index contributed by atoms with van der Waals surface area (Å²) in [6.45, 7) is 4.54. The number of carbonyl (C=O) groups excluding carboxylic acids is 1. The molecule has 1 amide bonds. The fraction of sp³-hybridized carbons (Fsp3) is 0.467. The Hall–Kier alpha value is -1.33. The van der Waals surface area contributed by atoms with Crippen molar-refractivity contribution in [3.05, 3.63) is 34.0 Å². The highest BCUT2D eigenvalue weighted by molar-refractivity contribution is 7.16. The number of rotatable bonds is 6. The normalized spacial score (nSPS) is 21.2. The van der Waals surface area contributed by atoms with Gasteiger partial charge in [-0.2, -0.15) is 0 Å². The van der Waals surface area contributed by atoms with Gasteiger partial charge < -0.3 is 10.0 Å². The maximum Gasteiger partial charge on any atom is 0.307 e. The van der Waals surface area contributed by atoms with Gasteiger partial charge in [0.1, 0.15) is 0 Å². The zero-order valence-electron chi connectivity index (χ0n) is 11.6. The van der Waals surface area contributed by atoms with Crippen LogP contribution < -0.4 is 0 Å². The van der Waals surface area contributed by atoms with Gasteiger partial charge in [-0.3, -0.25) is 9.59 Å². The lowest BCUT2D eigenvalue weighted by atomic mass is 9.94. The average Bonchev–Trinajstić information content (AvgIpc) is 3.06. The predicted octanol–water partition coefficient (Wildman–Crippen LogP) is 3.42. The van der Waals surface area contributed by atoms with Crippen molar-refractivity contribution >= 4 is 34.8 Å². The van der Waals surface area contributed by atoms with E-state index in [1.807, 2.05) is 6.07 Å². The summed E-state index contributed by atoms with van der Waals surface area (Å²) in [4.78, 5) is 26.6. The molecule has 0 spiro atoms. The molecule has 1 N–H and O–H groups in total. The number of hydrogen-bond acceptors (Lipinski definition) is 3. The van der Waals surface area contributed by atoms with Gasteiger partial charge in [0, 0.05) is 11.4 Å². The van der Waals surface area contributed by atoms with Crippen molar-refractivity contribution in [2.75, 3.05) is 6.54 Å². The van der Waals surface area contributed by atoms with Gasteiger partial charge in [-0.15, -0.1) is 17.9 Å². The standard InChI is InChI=1S/C15H18ClNO3S/c1-2-8-17(9-10-6-7-13(16)21-10)14(18)11-4-3-5-12(11)15(19)20/h2,6-7,11-12H,1,3-5,8-9H2,(H,19,20)/t11-,12+/m1/s1. The third kappa shape index (κ3) is 3.86. The molecule has 1 aromatic heterocycles. The number of carboxylic acids is 1. The van der Waals surface area contributed by atoms with E-state index in [2.05, 4.69) is 6.58 Å². The Bertz CT molecular complexity index is 543. The number of hydrogen-bond donors (Lipinski definition) is 1. The minimum absolute atomic E-state index is 0.0932. The summed E-state index contributed by atoms with van der Waals surface area (Å²) >= 11 is 7.34. The van der Waals surface area contributed by atoms with Crippen LogP contribution in [-0.4, -0.2) is 28.4 Å². The van der Waals surface area contributed by atoms with Crippen LogP contribution in [-0.2, 0) is 16.1 Å². The van der Waals surface area contributed by atoms with Gasteiger partial charge >= 0.3 is 5.97 Å². The largest absolute Gasteiger partial charge is 0.481 e. The number of thiophene rings is 1. The van der Waals surface area contributed by atoms with Crippen molar-refractivity contribution in [2.24, 2.45) is 11.8 Å². The quantitative estimate of drug-likeness (QED) is 0.814. The van der Waals surface area contributed by atoms with E-state index in [4.69, 9.17) is 11.6 Å². The molecule has 2 atom stereocenters. The molecule has 0 saturated heterocycles. The van der Waals surface area contributed by atoms with Crippen molar-refractivity contribution in [3.8, 4) is 0 Å². The van der Waals surface area contributed by atoms with Crippen LogP contribution in [0.4, 0.5) is 0 Å².